The molecule has 2 heterocycles. The molecule has 0 saturated carbocycles. The monoisotopic (exact) mass is 391 g/mol. The molecule has 5 heteroatoms. The van der Waals surface area contributed by atoms with Crippen molar-refractivity contribution in [1.29, 1.82) is 0 Å². The van der Waals surface area contributed by atoms with Crippen molar-refractivity contribution in [3.05, 3.63) is 64.6 Å². The van der Waals surface area contributed by atoms with Gasteiger partial charge in [-0.2, -0.15) is 0 Å². The van der Waals surface area contributed by atoms with Crippen LogP contribution in [0.4, 0.5) is 11.4 Å². The van der Waals surface area contributed by atoms with Crippen LogP contribution in [0.15, 0.2) is 58.4 Å². The number of likely N-dealkylation sites (N-methyl/N-ethyl adjacent to an activating group) is 1. The molecule has 2 aliphatic heterocycles. The van der Waals surface area contributed by atoms with E-state index in [4.69, 9.17) is 0 Å². The molecule has 0 N–H and O–H groups in total. The second-order valence-corrected chi connectivity index (χ2v) is 8.13. The number of nitrogens with zero attached hydrogens (tertiary/aromatic N) is 3. The van der Waals surface area contributed by atoms with E-state index in [1.165, 1.54) is 35.9 Å². The molecule has 2 saturated heterocycles. The molecule has 2 aromatic carbocycles. The van der Waals surface area contributed by atoms with Gasteiger partial charge in [0.25, 0.3) is 5.91 Å². The van der Waals surface area contributed by atoms with Crippen LogP contribution >= 0.6 is 11.8 Å². The maximum atomic E-state index is 12.9. The van der Waals surface area contributed by atoms with E-state index in [0.29, 0.717) is 6.54 Å². The molecule has 0 spiro atoms. The molecule has 4 rings (SSSR count). The van der Waals surface area contributed by atoms with Gasteiger partial charge >= 0.3 is 0 Å². The molecule has 0 aromatic heterocycles. The van der Waals surface area contributed by atoms with Crippen LogP contribution in [-0.2, 0) is 4.79 Å². The minimum absolute atomic E-state index is 0.0326. The molecule has 0 radical (unpaired) electrons. The fourth-order valence-corrected chi connectivity index (χ4v) is 4.67. The average Bonchev–Trinajstić information content (AvgIpc) is 3.33. The number of anilines is 1. The Bertz CT molecular complexity index is 930. The van der Waals surface area contributed by atoms with Gasteiger partial charge in [0, 0.05) is 25.3 Å². The smallest absolute Gasteiger partial charge is 0.266 e. The SMILES string of the molecule is CCN1C(=O)/C(=C/c2ccc(N3CCCC3)cc2C)SC1=Nc1ccccc1. The number of amides is 1. The minimum atomic E-state index is 0.0326. The minimum Gasteiger partial charge on any atom is -0.372 e. The van der Waals surface area contributed by atoms with Crippen molar-refractivity contribution in [3.63, 3.8) is 0 Å². The molecule has 144 valence electrons. The van der Waals surface area contributed by atoms with Crippen molar-refractivity contribution >= 4 is 40.3 Å². The van der Waals surface area contributed by atoms with Crippen molar-refractivity contribution in [3.8, 4) is 0 Å². The van der Waals surface area contributed by atoms with Crippen LogP contribution < -0.4 is 4.90 Å². The number of rotatable bonds is 4. The molecular formula is C23H25N3OS. The molecule has 28 heavy (non-hydrogen) atoms. The third-order valence-electron chi connectivity index (χ3n) is 5.20. The van der Waals surface area contributed by atoms with Crippen LogP contribution in [-0.4, -0.2) is 35.6 Å². The zero-order valence-corrected chi connectivity index (χ0v) is 17.2. The lowest BCUT2D eigenvalue weighted by Crippen LogP contribution is -2.28. The van der Waals surface area contributed by atoms with Gasteiger partial charge in [-0.3, -0.25) is 9.69 Å². The number of thioether (sulfide) groups is 1. The first kappa shape index (κ1) is 18.8. The Balaban J connectivity index is 1.61. The summed E-state index contributed by atoms with van der Waals surface area (Å²) in [7, 11) is 0. The third-order valence-corrected chi connectivity index (χ3v) is 6.20. The summed E-state index contributed by atoms with van der Waals surface area (Å²) in [6.45, 7) is 6.99. The Morgan fingerprint density at radius 2 is 1.86 bits per heavy atom. The molecule has 0 atom stereocenters. The highest BCUT2D eigenvalue weighted by molar-refractivity contribution is 8.18. The molecule has 2 aromatic rings. The highest BCUT2D eigenvalue weighted by Gasteiger charge is 2.32. The molecule has 2 aliphatic rings. The predicted molar refractivity (Wildman–Crippen MR) is 119 cm³/mol. The first-order valence-corrected chi connectivity index (χ1v) is 10.7. The van der Waals surface area contributed by atoms with Crippen molar-refractivity contribution < 1.29 is 4.79 Å². The number of aryl methyl sites for hydroxylation is 1. The second kappa shape index (κ2) is 8.23. The molecular weight excluding hydrogens is 366 g/mol. The van der Waals surface area contributed by atoms with Gasteiger partial charge < -0.3 is 4.90 Å². The fraction of sp³-hybridized carbons (Fsp3) is 0.304. The van der Waals surface area contributed by atoms with Crippen LogP contribution in [0.3, 0.4) is 0 Å². The molecule has 1 amide bonds. The Morgan fingerprint density at radius 1 is 1.11 bits per heavy atom. The van der Waals surface area contributed by atoms with Crippen LogP contribution in [0.2, 0.25) is 0 Å². The molecule has 2 fully saturated rings. The van der Waals surface area contributed by atoms with Gasteiger partial charge in [-0.05, 0) is 79.9 Å². The number of aliphatic imine (C=N–C) groups is 1. The van der Waals surface area contributed by atoms with E-state index < -0.39 is 0 Å². The van der Waals surface area contributed by atoms with E-state index in [1.54, 1.807) is 4.90 Å². The van der Waals surface area contributed by atoms with Crippen molar-refractivity contribution in [1.82, 2.24) is 4.90 Å². The van der Waals surface area contributed by atoms with E-state index in [1.807, 2.05) is 43.3 Å². The van der Waals surface area contributed by atoms with Crippen LogP contribution in [0.25, 0.3) is 6.08 Å². The lowest BCUT2D eigenvalue weighted by Gasteiger charge is -2.18. The number of amidine groups is 1. The van der Waals surface area contributed by atoms with E-state index in [0.717, 1.165) is 34.4 Å². The Labute approximate surface area is 171 Å². The highest BCUT2D eigenvalue weighted by atomic mass is 32.2. The Kier molecular flexibility index (Phi) is 5.53. The fourth-order valence-electron chi connectivity index (χ4n) is 3.62. The predicted octanol–water partition coefficient (Wildman–Crippen LogP) is 5.22. The van der Waals surface area contributed by atoms with E-state index in [9.17, 15) is 4.79 Å². The maximum Gasteiger partial charge on any atom is 0.266 e. The summed E-state index contributed by atoms with van der Waals surface area (Å²) >= 11 is 1.46. The van der Waals surface area contributed by atoms with Crippen LogP contribution in [0, 0.1) is 6.92 Å². The van der Waals surface area contributed by atoms with Gasteiger partial charge in [-0.25, -0.2) is 4.99 Å². The summed E-state index contributed by atoms with van der Waals surface area (Å²) in [6, 6.07) is 16.3. The van der Waals surface area contributed by atoms with E-state index in [2.05, 4.69) is 35.0 Å². The topological polar surface area (TPSA) is 35.9 Å². The molecule has 0 bridgehead atoms. The largest absolute Gasteiger partial charge is 0.372 e. The van der Waals surface area contributed by atoms with Crippen molar-refractivity contribution in [2.45, 2.75) is 26.7 Å². The van der Waals surface area contributed by atoms with Gasteiger partial charge in [-0.1, -0.05) is 24.3 Å². The summed E-state index contributed by atoms with van der Waals surface area (Å²) in [4.78, 5) is 22.5. The lowest BCUT2D eigenvalue weighted by molar-refractivity contribution is -0.122. The number of carbonyl (C=O) groups is 1. The summed E-state index contributed by atoms with van der Waals surface area (Å²) < 4.78 is 0. The zero-order chi connectivity index (χ0) is 19.5. The van der Waals surface area contributed by atoms with Crippen LogP contribution in [0.1, 0.15) is 30.9 Å². The normalized spacial score (nSPS) is 20.0. The number of hydrogen-bond acceptors (Lipinski definition) is 4. The van der Waals surface area contributed by atoms with E-state index in [-0.39, 0.29) is 5.91 Å². The second-order valence-electron chi connectivity index (χ2n) is 7.13. The molecule has 0 aliphatic carbocycles. The first-order valence-electron chi connectivity index (χ1n) is 9.86. The number of para-hydroxylation sites is 1. The van der Waals surface area contributed by atoms with Crippen LogP contribution in [0.5, 0.6) is 0 Å². The van der Waals surface area contributed by atoms with Gasteiger partial charge in [0.05, 0.1) is 10.6 Å². The Morgan fingerprint density at radius 3 is 2.54 bits per heavy atom. The third kappa shape index (κ3) is 3.85. The quantitative estimate of drug-likeness (QED) is 0.671. The standard InChI is InChI=1S/C23H25N3OS/c1-3-26-22(27)21(28-23(26)24-19-9-5-4-6-10-19)16-18-11-12-20(15-17(18)2)25-13-7-8-14-25/h4-6,9-12,15-16H,3,7-8,13-14H2,1-2H3/b21-16-,24-23?. The number of hydrogen-bond donors (Lipinski definition) is 0. The van der Waals surface area contributed by atoms with Gasteiger partial charge in [0.2, 0.25) is 0 Å². The summed E-state index contributed by atoms with van der Waals surface area (Å²) in [5.74, 6) is 0.0326. The first-order chi connectivity index (χ1) is 13.7. The summed E-state index contributed by atoms with van der Waals surface area (Å²) in [5, 5.41) is 0.747. The van der Waals surface area contributed by atoms with Crippen molar-refractivity contribution in [2.24, 2.45) is 4.99 Å². The van der Waals surface area contributed by atoms with Gasteiger partial charge in [0.1, 0.15) is 0 Å². The van der Waals surface area contributed by atoms with Crippen molar-refractivity contribution in [2.75, 3.05) is 24.5 Å². The molecule has 0 unspecified atom stereocenters. The summed E-state index contributed by atoms with van der Waals surface area (Å²) in [6.07, 6.45) is 4.55. The number of carbonyl (C=O) groups excluding carboxylic acids is 1. The number of benzene rings is 2. The molecule has 4 nitrogen and oxygen atoms in total. The van der Waals surface area contributed by atoms with E-state index >= 15 is 0 Å². The average molecular weight is 392 g/mol. The summed E-state index contributed by atoms with van der Waals surface area (Å²) in [5.41, 5.74) is 4.44. The van der Waals surface area contributed by atoms with Gasteiger partial charge in [0.15, 0.2) is 5.17 Å². The highest BCUT2D eigenvalue weighted by Crippen LogP contribution is 2.35. The maximum absolute atomic E-state index is 12.9. The van der Waals surface area contributed by atoms with Gasteiger partial charge in [-0.15, -0.1) is 0 Å². The lowest BCUT2D eigenvalue weighted by atomic mass is 10.1. The Hall–Kier alpha value is -2.53. The zero-order valence-electron chi connectivity index (χ0n) is 16.4.